The van der Waals surface area contributed by atoms with E-state index < -0.39 is 0 Å². The van der Waals surface area contributed by atoms with Crippen LogP contribution in [-0.2, 0) is 9.59 Å². The maximum atomic E-state index is 11.7. The van der Waals surface area contributed by atoms with Crippen LogP contribution < -0.4 is 0 Å². The van der Waals surface area contributed by atoms with Gasteiger partial charge in [-0.1, -0.05) is 13.8 Å². The molecule has 1 aliphatic heterocycles. The fourth-order valence-electron chi connectivity index (χ4n) is 2.13. The minimum absolute atomic E-state index is 0.0486. The van der Waals surface area contributed by atoms with Gasteiger partial charge in [0.05, 0.1) is 0 Å². The maximum absolute atomic E-state index is 11.7. The van der Waals surface area contributed by atoms with Gasteiger partial charge in [-0.15, -0.1) is 0 Å². The van der Waals surface area contributed by atoms with E-state index in [4.69, 9.17) is 0 Å². The van der Waals surface area contributed by atoms with Crippen LogP contribution in [-0.4, -0.2) is 23.3 Å². The zero-order chi connectivity index (χ0) is 10.3. The number of nitrogens with zero attached hydrogens (tertiary/aromatic N) is 1. The lowest BCUT2D eigenvalue weighted by molar-refractivity contribution is -0.151. The lowest BCUT2D eigenvalue weighted by Gasteiger charge is -2.31. The van der Waals surface area contributed by atoms with E-state index in [-0.39, 0.29) is 17.2 Å². The first kappa shape index (κ1) is 9.69. The van der Waals surface area contributed by atoms with Crippen LogP contribution in [0, 0.1) is 11.3 Å². The number of hydrogen-bond acceptors (Lipinski definition) is 2. The molecule has 1 saturated carbocycles. The van der Waals surface area contributed by atoms with Crippen molar-refractivity contribution in [1.82, 2.24) is 4.90 Å². The van der Waals surface area contributed by atoms with Gasteiger partial charge in [-0.25, -0.2) is 0 Å². The molecule has 0 aromatic heterocycles. The Bertz CT molecular complexity index is 259. The average Bonchev–Trinajstić information content (AvgIpc) is 2.77. The molecule has 2 amide bonds. The van der Waals surface area contributed by atoms with Crippen molar-refractivity contribution >= 4 is 11.8 Å². The van der Waals surface area contributed by atoms with Crippen molar-refractivity contribution in [3.05, 3.63) is 0 Å². The highest BCUT2D eigenvalue weighted by Crippen LogP contribution is 2.54. The Morgan fingerprint density at radius 1 is 1.21 bits per heavy atom. The van der Waals surface area contributed by atoms with Gasteiger partial charge in [0.15, 0.2) is 0 Å². The molecule has 0 aromatic rings. The molecule has 1 aliphatic carbocycles. The molecule has 3 nitrogen and oxygen atoms in total. The van der Waals surface area contributed by atoms with Gasteiger partial charge < -0.3 is 0 Å². The summed E-state index contributed by atoms with van der Waals surface area (Å²) >= 11 is 0. The summed E-state index contributed by atoms with van der Waals surface area (Å²) in [6.45, 7) is 4.65. The predicted octanol–water partition coefficient (Wildman–Crippen LogP) is 1.57. The summed E-state index contributed by atoms with van der Waals surface area (Å²) in [7, 11) is 0. The number of carbonyl (C=O) groups excluding carboxylic acids is 2. The molecule has 0 radical (unpaired) electrons. The Labute approximate surface area is 84.5 Å². The highest BCUT2D eigenvalue weighted by Gasteiger charge is 2.51. The van der Waals surface area contributed by atoms with Crippen molar-refractivity contribution < 1.29 is 9.59 Å². The van der Waals surface area contributed by atoms with Gasteiger partial charge in [0, 0.05) is 19.4 Å². The monoisotopic (exact) mass is 195 g/mol. The fraction of sp³-hybridized carbons (Fsp3) is 0.818. The minimum Gasteiger partial charge on any atom is -0.282 e. The second kappa shape index (κ2) is 3.07. The molecule has 0 bridgehead atoms. The van der Waals surface area contributed by atoms with Gasteiger partial charge in [0.2, 0.25) is 11.8 Å². The molecule has 2 aliphatic rings. The molecule has 2 fully saturated rings. The van der Waals surface area contributed by atoms with Gasteiger partial charge in [0.25, 0.3) is 0 Å². The van der Waals surface area contributed by atoms with Crippen LogP contribution in [0.2, 0.25) is 0 Å². The average molecular weight is 195 g/mol. The lowest BCUT2D eigenvalue weighted by Crippen LogP contribution is -2.45. The third-order valence-corrected chi connectivity index (χ3v) is 3.16. The fourth-order valence-corrected chi connectivity index (χ4v) is 2.13. The Balaban J connectivity index is 2.04. The van der Waals surface area contributed by atoms with Crippen molar-refractivity contribution in [2.24, 2.45) is 11.3 Å². The smallest absolute Gasteiger partial charge is 0.229 e. The number of hydrogen-bond donors (Lipinski definition) is 0. The lowest BCUT2D eigenvalue weighted by atomic mass is 9.92. The van der Waals surface area contributed by atoms with Gasteiger partial charge in [-0.05, 0) is 24.2 Å². The summed E-state index contributed by atoms with van der Waals surface area (Å²) in [6.07, 6.45) is 3.34. The molecule has 14 heavy (non-hydrogen) atoms. The second-order valence-electron chi connectivity index (χ2n) is 5.15. The standard InChI is InChI=1S/C11H17NO2/c1-8(2)7-12-9(13)5-11(3-4-11)6-10(12)14/h8H,3-7H2,1-2H3. The number of piperidine rings is 1. The molecule has 1 saturated heterocycles. The van der Waals surface area contributed by atoms with Crippen molar-refractivity contribution in [2.75, 3.05) is 6.54 Å². The van der Waals surface area contributed by atoms with Gasteiger partial charge >= 0.3 is 0 Å². The molecule has 0 N–H and O–H groups in total. The zero-order valence-electron chi connectivity index (χ0n) is 8.88. The second-order valence-corrected chi connectivity index (χ2v) is 5.15. The van der Waals surface area contributed by atoms with Crippen LogP contribution in [0.3, 0.4) is 0 Å². The molecular formula is C11H17NO2. The molecule has 0 aromatic carbocycles. The van der Waals surface area contributed by atoms with E-state index in [1.165, 1.54) is 4.90 Å². The third kappa shape index (κ3) is 1.68. The van der Waals surface area contributed by atoms with E-state index in [0.29, 0.717) is 25.3 Å². The van der Waals surface area contributed by atoms with E-state index in [1.54, 1.807) is 0 Å². The summed E-state index contributed by atoms with van der Waals surface area (Å²) < 4.78 is 0. The quantitative estimate of drug-likeness (QED) is 0.627. The van der Waals surface area contributed by atoms with E-state index in [0.717, 1.165) is 12.8 Å². The molecule has 0 unspecified atom stereocenters. The van der Waals surface area contributed by atoms with Gasteiger partial charge in [-0.3, -0.25) is 14.5 Å². The first-order valence-corrected chi connectivity index (χ1v) is 5.36. The Kier molecular flexibility index (Phi) is 2.13. The first-order chi connectivity index (χ1) is 6.52. The largest absolute Gasteiger partial charge is 0.282 e. The van der Waals surface area contributed by atoms with E-state index >= 15 is 0 Å². The SMILES string of the molecule is CC(C)CN1C(=O)CC2(CC2)CC1=O. The van der Waals surface area contributed by atoms with E-state index in [1.807, 2.05) is 13.8 Å². The topological polar surface area (TPSA) is 37.4 Å². The summed E-state index contributed by atoms with van der Waals surface area (Å²) in [4.78, 5) is 24.9. The molecule has 1 heterocycles. The van der Waals surface area contributed by atoms with Crippen LogP contribution in [0.4, 0.5) is 0 Å². The number of imide groups is 1. The number of rotatable bonds is 2. The van der Waals surface area contributed by atoms with Crippen LogP contribution in [0.25, 0.3) is 0 Å². The Morgan fingerprint density at radius 2 is 1.71 bits per heavy atom. The minimum atomic E-state index is 0.0486. The van der Waals surface area contributed by atoms with Crippen LogP contribution in [0.5, 0.6) is 0 Å². The number of likely N-dealkylation sites (tertiary alicyclic amines) is 1. The van der Waals surface area contributed by atoms with Gasteiger partial charge in [0.1, 0.15) is 0 Å². The van der Waals surface area contributed by atoms with Crippen molar-refractivity contribution in [1.29, 1.82) is 0 Å². The molecule has 0 atom stereocenters. The third-order valence-electron chi connectivity index (χ3n) is 3.16. The molecule has 78 valence electrons. The van der Waals surface area contributed by atoms with Gasteiger partial charge in [-0.2, -0.15) is 0 Å². The molecule has 2 rings (SSSR count). The highest BCUT2D eigenvalue weighted by atomic mass is 16.2. The Morgan fingerprint density at radius 3 is 2.07 bits per heavy atom. The summed E-state index contributed by atoms with van der Waals surface area (Å²) in [5, 5.41) is 0. The zero-order valence-corrected chi connectivity index (χ0v) is 8.88. The summed E-state index contributed by atoms with van der Waals surface area (Å²) in [5.41, 5.74) is 0.0989. The van der Waals surface area contributed by atoms with Crippen LogP contribution >= 0.6 is 0 Å². The predicted molar refractivity (Wildman–Crippen MR) is 52.5 cm³/mol. The highest BCUT2D eigenvalue weighted by molar-refractivity contribution is 5.99. The van der Waals surface area contributed by atoms with Crippen molar-refractivity contribution in [3.8, 4) is 0 Å². The number of carbonyl (C=O) groups is 2. The summed E-state index contributed by atoms with van der Waals surface area (Å²) in [5.74, 6) is 0.469. The number of amides is 2. The van der Waals surface area contributed by atoms with Crippen LogP contribution in [0.1, 0.15) is 39.5 Å². The van der Waals surface area contributed by atoms with Crippen LogP contribution in [0.15, 0.2) is 0 Å². The van der Waals surface area contributed by atoms with E-state index in [2.05, 4.69) is 0 Å². The normalized spacial score (nSPS) is 24.9. The maximum Gasteiger partial charge on any atom is 0.229 e. The molecular weight excluding hydrogens is 178 g/mol. The molecule has 1 spiro atoms. The van der Waals surface area contributed by atoms with E-state index in [9.17, 15) is 9.59 Å². The summed E-state index contributed by atoms with van der Waals surface area (Å²) in [6, 6.07) is 0. The molecule has 3 heteroatoms. The first-order valence-electron chi connectivity index (χ1n) is 5.36. The van der Waals surface area contributed by atoms with Crippen molar-refractivity contribution in [3.63, 3.8) is 0 Å². The van der Waals surface area contributed by atoms with Crippen molar-refractivity contribution in [2.45, 2.75) is 39.5 Å². The Hall–Kier alpha value is -0.860.